The molecule has 9 heteroatoms. The van der Waals surface area contributed by atoms with Crippen molar-refractivity contribution in [2.45, 2.75) is 25.7 Å². The van der Waals surface area contributed by atoms with Crippen LogP contribution in [-0.4, -0.2) is 56.1 Å². The molecule has 174 valence electrons. The third kappa shape index (κ3) is 5.41. The normalized spacial score (nSPS) is 14.2. The number of hydrogen-bond acceptors (Lipinski definition) is 6. The number of piperazine rings is 1. The fourth-order valence-electron chi connectivity index (χ4n) is 3.62. The van der Waals surface area contributed by atoms with E-state index in [9.17, 15) is 9.00 Å². The van der Waals surface area contributed by atoms with E-state index in [2.05, 4.69) is 36.4 Å². The lowest BCUT2D eigenvalue weighted by atomic mass is 10.1. The standard InChI is InChI=1S/C25H26N6O2S/c1-18-23(25(28-17-27-18)31-13-11-30(12-14-31)20(3)32)10-9-21-15-24(19(2)26-16-21)29-34(33)22-7-5-4-6-8-22/h4-8,15-17,29H,11-14H2,1-3H3. The molecule has 1 fully saturated rings. The van der Waals surface area contributed by atoms with Gasteiger partial charge in [-0.05, 0) is 32.0 Å². The van der Waals surface area contributed by atoms with Crippen molar-refractivity contribution in [2.75, 3.05) is 35.8 Å². The van der Waals surface area contributed by atoms with Gasteiger partial charge in [0.15, 0.2) is 0 Å². The summed E-state index contributed by atoms with van der Waals surface area (Å²) in [5.41, 5.74) is 3.62. The van der Waals surface area contributed by atoms with Crippen molar-refractivity contribution in [2.24, 2.45) is 0 Å². The smallest absolute Gasteiger partial charge is 0.219 e. The summed E-state index contributed by atoms with van der Waals surface area (Å²) < 4.78 is 15.7. The molecule has 0 radical (unpaired) electrons. The van der Waals surface area contributed by atoms with E-state index in [1.807, 2.05) is 55.1 Å². The lowest BCUT2D eigenvalue weighted by molar-refractivity contribution is -0.129. The number of hydrogen-bond donors (Lipinski definition) is 1. The first kappa shape index (κ1) is 23.4. The maximum Gasteiger partial charge on any atom is 0.219 e. The number of nitrogens with zero attached hydrogens (tertiary/aromatic N) is 5. The minimum atomic E-state index is -1.40. The van der Waals surface area contributed by atoms with Crippen LogP contribution in [0.1, 0.15) is 29.4 Å². The summed E-state index contributed by atoms with van der Waals surface area (Å²) in [5, 5.41) is 0. The number of amides is 1. The van der Waals surface area contributed by atoms with Crippen molar-refractivity contribution in [3.8, 4) is 11.8 Å². The van der Waals surface area contributed by atoms with Gasteiger partial charge >= 0.3 is 0 Å². The molecule has 0 aliphatic carbocycles. The zero-order valence-corrected chi connectivity index (χ0v) is 20.2. The molecule has 1 N–H and O–H groups in total. The Morgan fingerprint density at radius 3 is 2.44 bits per heavy atom. The molecule has 1 unspecified atom stereocenters. The molecule has 1 aromatic carbocycles. The van der Waals surface area contributed by atoms with Crippen molar-refractivity contribution < 1.29 is 9.00 Å². The fourth-order valence-corrected chi connectivity index (χ4v) is 4.55. The van der Waals surface area contributed by atoms with Gasteiger partial charge in [0.05, 0.1) is 27.5 Å². The second-order valence-electron chi connectivity index (χ2n) is 7.94. The maximum absolute atomic E-state index is 12.7. The highest BCUT2D eigenvalue weighted by Crippen LogP contribution is 2.21. The van der Waals surface area contributed by atoms with Crippen LogP contribution in [0.5, 0.6) is 0 Å². The Labute approximate surface area is 202 Å². The SMILES string of the molecule is CC(=O)N1CCN(c2ncnc(C)c2C#Cc2cnc(C)c(NS(=O)c3ccccc3)c2)CC1. The molecule has 0 spiro atoms. The maximum atomic E-state index is 12.7. The van der Waals surface area contributed by atoms with Gasteiger partial charge in [-0.15, -0.1) is 0 Å². The zero-order valence-electron chi connectivity index (χ0n) is 19.4. The van der Waals surface area contributed by atoms with E-state index >= 15 is 0 Å². The number of benzene rings is 1. The number of anilines is 2. The molecule has 1 aliphatic rings. The molecule has 2 aromatic heterocycles. The van der Waals surface area contributed by atoms with E-state index in [4.69, 9.17) is 0 Å². The number of pyridine rings is 1. The van der Waals surface area contributed by atoms with Gasteiger partial charge in [0.1, 0.15) is 23.1 Å². The number of aromatic nitrogens is 3. The van der Waals surface area contributed by atoms with Gasteiger partial charge < -0.3 is 9.80 Å². The predicted molar refractivity (Wildman–Crippen MR) is 133 cm³/mol. The molecule has 8 nitrogen and oxygen atoms in total. The van der Waals surface area contributed by atoms with Crippen LogP contribution in [0, 0.1) is 25.7 Å². The molecule has 1 atom stereocenters. The van der Waals surface area contributed by atoms with Gasteiger partial charge in [-0.3, -0.25) is 14.5 Å². The Bertz CT molecular complexity index is 1280. The predicted octanol–water partition coefficient (Wildman–Crippen LogP) is 2.69. The van der Waals surface area contributed by atoms with Crippen LogP contribution >= 0.6 is 0 Å². The van der Waals surface area contributed by atoms with Crippen LogP contribution in [0.15, 0.2) is 53.8 Å². The van der Waals surface area contributed by atoms with Gasteiger partial charge in [-0.1, -0.05) is 30.0 Å². The summed E-state index contributed by atoms with van der Waals surface area (Å²) in [6.45, 7) is 8.05. The average molecular weight is 475 g/mol. The first-order valence-electron chi connectivity index (χ1n) is 11.0. The number of rotatable bonds is 4. The van der Waals surface area contributed by atoms with E-state index in [0.717, 1.165) is 22.8 Å². The molecular formula is C25H26N6O2S. The Balaban J connectivity index is 1.57. The average Bonchev–Trinajstić information content (AvgIpc) is 2.85. The highest BCUT2D eigenvalue weighted by Gasteiger charge is 2.22. The minimum absolute atomic E-state index is 0.0861. The minimum Gasteiger partial charge on any atom is -0.352 e. The van der Waals surface area contributed by atoms with Crippen molar-refractivity contribution >= 4 is 28.4 Å². The first-order valence-corrected chi connectivity index (χ1v) is 12.1. The van der Waals surface area contributed by atoms with Crippen LogP contribution in [0.4, 0.5) is 11.5 Å². The summed E-state index contributed by atoms with van der Waals surface area (Å²) >= 11 is 0. The van der Waals surface area contributed by atoms with Crippen LogP contribution in [0.25, 0.3) is 0 Å². The van der Waals surface area contributed by atoms with E-state index in [-0.39, 0.29) is 5.91 Å². The van der Waals surface area contributed by atoms with Gasteiger partial charge in [0, 0.05) is 44.9 Å². The summed E-state index contributed by atoms with van der Waals surface area (Å²) in [5.74, 6) is 7.24. The monoisotopic (exact) mass is 474 g/mol. The van der Waals surface area contributed by atoms with Crippen molar-refractivity contribution in [1.29, 1.82) is 0 Å². The summed E-state index contributed by atoms with van der Waals surface area (Å²) in [6.07, 6.45) is 3.24. The lowest BCUT2D eigenvalue weighted by Crippen LogP contribution is -2.48. The lowest BCUT2D eigenvalue weighted by Gasteiger charge is -2.35. The van der Waals surface area contributed by atoms with Crippen molar-refractivity contribution in [3.05, 3.63) is 71.4 Å². The largest absolute Gasteiger partial charge is 0.352 e. The molecule has 34 heavy (non-hydrogen) atoms. The number of nitrogens with one attached hydrogen (secondary N) is 1. The summed E-state index contributed by atoms with van der Waals surface area (Å²) in [7, 11) is -1.40. The van der Waals surface area contributed by atoms with Gasteiger partial charge in [-0.25, -0.2) is 14.2 Å². The van der Waals surface area contributed by atoms with Crippen molar-refractivity contribution in [1.82, 2.24) is 19.9 Å². The van der Waals surface area contributed by atoms with E-state index < -0.39 is 11.0 Å². The van der Waals surface area contributed by atoms with Gasteiger partial charge in [-0.2, -0.15) is 0 Å². The Kier molecular flexibility index (Phi) is 7.18. The number of aryl methyl sites for hydroxylation is 2. The van der Waals surface area contributed by atoms with Gasteiger partial charge in [0.25, 0.3) is 0 Å². The molecule has 1 amide bonds. The molecular weight excluding hydrogens is 448 g/mol. The third-order valence-corrected chi connectivity index (χ3v) is 6.73. The van der Waals surface area contributed by atoms with Crippen LogP contribution < -0.4 is 9.62 Å². The Morgan fingerprint density at radius 1 is 1.00 bits per heavy atom. The second kappa shape index (κ2) is 10.4. The molecule has 1 aliphatic heterocycles. The second-order valence-corrected chi connectivity index (χ2v) is 9.15. The highest BCUT2D eigenvalue weighted by atomic mass is 32.2. The summed E-state index contributed by atoms with van der Waals surface area (Å²) in [4.78, 5) is 29.5. The van der Waals surface area contributed by atoms with Gasteiger partial charge in [0.2, 0.25) is 5.91 Å². The Hall–Kier alpha value is -3.77. The fraction of sp³-hybridized carbons (Fsp3) is 0.280. The third-order valence-electron chi connectivity index (χ3n) is 5.62. The van der Waals surface area contributed by atoms with E-state index in [1.165, 1.54) is 0 Å². The number of carbonyl (C=O) groups excluding carboxylic acids is 1. The van der Waals surface area contributed by atoms with E-state index in [0.29, 0.717) is 42.3 Å². The first-order chi connectivity index (χ1) is 16.4. The summed E-state index contributed by atoms with van der Waals surface area (Å²) in [6, 6.07) is 11.1. The molecule has 0 bridgehead atoms. The Morgan fingerprint density at radius 2 is 1.74 bits per heavy atom. The molecule has 4 rings (SSSR count). The highest BCUT2D eigenvalue weighted by molar-refractivity contribution is 7.86. The molecule has 1 saturated heterocycles. The van der Waals surface area contributed by atoms with Crippen LogP contribution in [0.3, 0.4) is 0 Å². The quantitative estimate of drug-likeness (QED) is 0.585. The molecule has 3 aromatic rings. The molecule has 0 saturated carbocycles. The zero-order chi connectivity index (χ0) is 24.1. The van der Waals surface area contributed by atoms with E-state index in [1.54, 1.807) is 19.4 Å². The van der Waals surface area contributed by atoms with Crippen molar-refractivity contribution in [3.63, 3.8) is 0 Å². The molecule has 3 heterocycles. The van der Waals surface area contributed by atoms with Crippen LogP contribution in [0.2, 0.25) is 0 Å². The van der Waals surface area contributed by atoms with Crippen LogP contribution in [-0.2, 0) is 15.8 Å². The number of carbonyl (C=O) groups is 1. The topological polar surface area (TPSA) is 91.3 Å².